The maximum absolute atomic E-state index is 9.32. The van der Waals surface area contributed by atoms with Gasteiger partial charge in [-0.1, -0.05) is 35.3 Å². The molecule has 2 aromatic carbocycles. The topological polar surface area (TPSA) is 33.0 Å². The van der Waals surface area contributed by atoms with E-state index in [1.54, 1.807) is 55.7 Å². The summed E-state index contributed by atoms with van der Waals surface area (Å²) >= 11 is 11.8. The number of ether oxygens (including phenoxy) is 1. The Kier molecular flexibility index (Phi) is 4.68. The highest BCUT2D eigenvalue weighted by molar-refractivity contribution is 6.31. The second kappa shape index (κ2) is 6.47. The second-order valence-electron chi connectivity index (χ2n) is 4.06. The van der Waals surface area contributed by atoms with Crippen molar-refractivity contribution < 1.29 is 4.74 Å². The Morgan fingerprint density at radius 3 is 2.35 bits per heavy atom. The first-order valence-electron chi connectivity index (χ1n) is 5.85. The molecule has 0 amide bonds. The van der Waals surface area contributed by atoms with Crippen LogP contribution in [0.4, 0.5) is 0 Å². The highest BCUT2D eigenvalue weighted by Gasteiger charge is 2.05. The Morgan fingerprint density at radius 1 is 1.10 bits per heavy atom. The molecular formula is C16H11Cl2NO. The summed E-state index contributed by atoms with van der Waals surface area (Å²) in [5.74, 6) is 0.663. The average Bonchev–Trinajstić information content (AvgIpc) is 2.46. The fourth-order valence-electron chi connectivity index (χ4n) is 1.78. The quantitative estimate of drug-likeness (QED) is 0.586. The first kappa shape index (κ1) is 14.5. The zero-order valence-electron chi connectivity index (χ0n) is 10.7. The van der Waals surface area contributed by atoms with Crippen LogP contribution in [0.3, 0.4) is 0 Å². The first-order valence-corrected chi connectivity index (χ1v) is 6.61. The molecular weight excluding hydrogens is 293 g/mol. The monoisotopic (exact) mass is 303 g/mol. The Labute approximate surface area is 127 Å². The summed E-state index contributed by atoms with van der Waals surface area (Å²) in [7, 11) is 1.58. The summed E-state index contributed by atoms with van der Waals surface area (Å²) in [6.45, 7) is 0. The van der Waals surface area contributed by atoms with Crippen molar-refractivity contribution in [3.8, 4) is 11.8 Å². The molecule has 0 radical (unpaired) electrons. The van der Waals surface area contributed by atoms with Gasteiger partial charge in [-0.15, -0.1) is 0 Å². The third kappa shape index (κ3) is 3.33. The molecule has 0 atom stereocenters. The van der Waals surface area contributed by atoms with Crippen LogP contribution in [0, 0.1) is 11.3 Å². The van der Waals surface area contributed by atoms with Gasteiger partial charge in [-0.3, -0.25) is 0 Å². The van der Waals surface area contributed by atoms with Crippen molar-refractivity contribution in [2.45, 2.75) is 0 Å². The van der Waals surface area contributed by atoms with Gasteiger partial charge in [-0.05, 0) is 42.0 Å². The number of hydrogen-bond donors (Lipinski definition) is 0. The van der Waals surface area contributed by atoms with Crippen LogP contribution < -0.4 is 4.74 Å². The van der Waals surface area contributed by atoms with E-state index in [0.29, 0.717) is 21.4 Å². The Hall–Kier alpha value is -1.95. The fourth-order valence-corrected chi connectivity index (χ4v) is 2.09. The van der Waals surface area contributed by atoms with Gasteiger partial charge in [0.1, 0.15) is 5.75 Å². The molecule has 0 aliphatic rings. The smallest absolute Gasteiger partial charge is 0.126 e. The molecule has 2 rings (SSSR count). The molecule has 0 heterocycles. The lowest BCUT2D eigenvalue weighted by molar-refractivity contribution is 0.414. The van der Waals surface area contributed by atoms with Gasteiger partial charge in [-0.25, -0.2) is 0 Å². The molecule has 4 heteroatoms. The summed E-state index contributed by atoms with van der Waals surface area (Å²) < 4.78 is 5.27. The summed E-state index contributed by atoms with van der Waals surface area (Å²) in [6.07, 6.45) is 1.74. The van der Waals surface area contributed by atoms with E-state index in [2.05, 4.69) is 6.07 Å². The van der Waals surface area contributed by atoms with Crippen molar-refractivity contribution in [2.75, 3.05) is 7.11 Å². The molecule has 0 spiro atoms. The summed E-state index contributed by atoms with van der Waals surface area (Å²) in [5.41, 5.74) is 2.06. The minimum absolute atomic E-state index is 0.516. The molecule has 0 bridgehead atoms. The van der Waals surface area contributed by atoms with E-state index in [0.717, 1.165) is 11.1 Å². The summed E-state index contributed by atoms with van der Waals surface area (Å²) in [5, 5.41) is 10.5. The molecule has 20 heavy (non-hydrogen) atoms. The molecule has 0 aliphatic carbocycles. The van der Waals surface area contributed by atoms with Gasteiger partial charge in [0, 0.05) is 15.6 Å². The van der Waals surface area contributed by atoms with Crippen LogP contribution in [0.15, 0.2) is 42.5 Å². The van der Waals surface area contributed by atoms with Crippen molar-refractivity contribution in [2.24, 2.45) is 0 Å². The van der Waals surface area contributed by atoms with E-state index >= 15 is 0 Å². The molecule has 0 saturated heterocycles. The van der Waals surface area contributed by atoms with Crippen molar-refractivity contribution >= 4 is 34.9 Å². The largest absolute Gasteiger partial charge is 0.496 e. The van der Waals surface area contributed by atoms with Gasteiger partial charge in [0.15, 0.2) is 0 Å². The van der Waals surface area contributed by atoms with Gasteiger partial charge >= 0.3 is 0 Å². The van der Waals surface area contributed by atoms with Crippen LogP contribution in [0.5, 0.6) is 5.75 Å². The maximum Gasteiger partial charge on any atom is 0.126 e. The number of benzene rings is 2. The summed E-state index contributed by atoms with van der Waals surface area (Å²) in [6, 6.07) is 14.5. The van der Waals surface area contributed by atoms with Gasteiger partial charge in [-0.2, -0.15) is 5.26 Å². The normalized spacial score (nSPS) is 11.0. The molecule has 100 valence electrons. The lowest BCUT2D eigenvalue weighted by atomic mass is 10.0. The second-order valence-corrected chi connectivity index (χ2v) is 4.94. The SMILES string of the molecule is COc1ccc(Cl)cc1/C=C(\C#N)c1ccc(Cl)cc1. The minimum Gasteiger partial charge on any atom is -0.496 e. The number of rotatable bonds is 3. The Morgan fingerprint density at radius 2 is 1.75 bits per heavy atom. The maximum atomic E-state index is 9.32. The van der Waals surface area contributed by atoms with Crippen molar-refractivity contribution in [1.82, 2.24) is 0 Å². The minimum atomic E-state index is 0.516. The Balaban J connectivity index is 2.49. The predicted octanol–water partition coefficient (Wildman–Crippen LogP) is 5.07. The fraction of sp³-hybridized carbons (Fsp3) is 0.0625. The van der Waals surface area contributed by atoms with Gasteiger partial charge in [0.05, 0.1) is 18.8 Å². The molecule has 0 fully saturated rings. The van der Waals surface area contributed by atoms with Crippen molar-refractivity contribution in [1.29, 1.82) is 5.26 Å². The molecule has 0 N–H and O–H groups in total. The number of methoxy groups -OCH3 is 1. The average molecular weight is 304 g/mol. The number of nitriles is 1. The third-order valence-corrected chi connectivity index (χ3v) is 3.25. The molecule has 2 nitrogen and oxygen atoms in total. The standard InChI is InChI=1S/C16H11Cl2NO/c1-20-16-7-6-15(18)9-12(16)8-13(10-19)11-2-4-14(17)5-3-11/h2-9H,1H3/b13-8+. The highest BCUT2D eigenvalue weighted by atomic mass is 35.5. The van der Waals surface area contributed by atoms with E-state index in [9.17, 15) is 5.26 Å². The molecule has 2 aromatic rings. The Bertz CT molecular complexity index is 685. The van der Waals surface area contributed by atoms with E-state index in [1.165, 1.54) is 0 Å². The number of nitrogens with zero attached hydrogens (tertiary/aromatic N) is 1. The third-order valence-electron chi connectivity index (χ3n) is 2.77. The lowest BCUT2D eigenvalue weighted by Crippen LogP contribution is -1.88. The van der Waals surface area contributed by atoms with E-state index in [4.69, 9.17) is 27.9 Å². The first-order chi connectivity index (χ1) is 9.63. The van der Waals surface area contributed by atoms with Crippen LogP contribution in [-0.2, 0) is 0 Å². The molecule has 0 saturated carbocycles. The zero-order chi connectivity index (χ0) is 14.5. The van der Waals surface area contributed by atoms with E-state index < -0.39 is 0 Å². The predicted molar refractivity (Wildman–Crippen MR) is 82.9 cm³/mol. The van der Waals surface area contributed by atoms with Gasteiger partial charge in [0.2, 0.25) is 0 Å². The van der Waals surface area contributed by atoms with Crippen molar-refractivity contribution in [3.05, 3.63) is 63.6 Å². The number of hydrogen-bond acceptors (Lipinski definition) is 2. The van der Waals surface area contributed by atoms with Crippen LogP contribution in [0.2, 0.25) is 10.0 Å². The van der Waals surface area contributed by atoms with Gasteiger partial charge < -0.3 is 4.74 Å². The van der Waals surface area contributed by atoms with E-state index in [-0.39, 0.29) is 0 Å². The van der Waals surface area contributed by atoms with Crippen LogP contribution in [-0.4, -0.2) is 7.11 Å². The molecule has 0 aromatic heterocycles. The van der Waals surface area contributed by atoms with Crippen LogP contribution in [0.25, 0.3) is 11.6 Å². The molecule has 0 aliphatic heterocycles. The van der Waals surface area contributed by atoms with Crippen LogP contribution >= 0.6 is 23.2 Å². The number of halogens is 2. The van der Waals surface area contributed by atoms with E-state index in [1.807, 2.05) is 0 Å². The van der Waals surface area contributed by atoms with Crippen LogP contribution in [0.1, 0.15) is 11.1 Å². The highest BCUT2D eigenvalue weighted by Crippen LogP contribution is 2.27. The summed E-state index contributed by atoms with van der Waals surface area (Å²) in [4.78, 5) is 0. The van der Waals surface area contributed by atoms with Crippen molar-refractivity contribution in [3.63, 3.8) is 0 Å². The lowest BCUT2D eigenvalue weighted by Gasteiger charge is -2.06. The molecule has 0 unspecified atom stereocenters. The zero-order valence-corrected chi connectivity index (χ0v) is 12.2. The number of allylic oxidation sites excluding steroid dienone is 1. The van der Waals surface area contributed by atoms with Gasteiger partial charge in [0.25, 0.3) is 0 Å².